The molecule has 1 heterocycles. The molecule has 32 heavy (non-hydrogen) atoms. The van der Waals surface area contributed by atoms with Crippen molar-refractivity contribution in [1.29, 1.82) is 0 Å². The zero-order valence-electron chi connectivity index (χ0n) is 18.4. The van der Waals surface area contributed by atoms with Gasteiger partial charge in [0.15, 0.2) is 0 Å². The molecule has 1 aliphatic carbocycles. The first-order valence-electron chi connectivity index (χ1n) is 11.1. The van der Waals surface area contributed by atoms with Crippen LogP contribution in [0.5, 0.6) is 0 Å². The van der Waals surface area contributed by atoms with Crippen LogP contribution in [0.2, 0.25) is 0 Å². The van der Waals surface area contributed by atoms with E-state index in [2.05, 4.69) is 31.0 Å². The van der Waals surface area contributed by atoms with Gasteiger partial charge in [-0.25, -0.2) is 13.6 Å². The number of H-pyrrole nitrogens is 1. The number of alkyl halides is 2. The summed E-state index contributed by atoms with van der Waals surface area (Å²) in [6.45, 7) is 3.71. The van der Waals surface area contributed by atoms with Gasteiger partial charge >= 0.3 is 5.97 Å². The Labute approximate surface area is 186 Å². The minimum Gasteiger partial charge on any atom is -0.478 e. The number of aryl methyl sites for hydroxylation is 2. The molecule has 3 atom stereocenters. The van der Waals surface area contributed by atoms with Gasteiger partial charge in [-0.15, -0.1) is 0 Å². The maximum Gasteiger partial charge on any atom is 0.335 e. The minimum atomic E-state index is -2.47. The summed E-state index contributed by atoms with van der Waals surface area (Å²) in [4.78, 5) is 14.6. The van der Waals surface area contributed by atoms with Gasteiger partial charge in [0.1, 0.15) is 6.61 Å². The fraction of sp³-hybridized carbons (Fsp3) is 0.423. The molecule has 170 valence electrons. The summed E-state index contributed by atoms with van der Waals surface area (Å²) < 4.78 is 30.9. The third-order valence-electron chi connectivity index (χ3n) is 6.83. The smallest absolute Gasteiger partial charge is 0.335 e. The molecule has 4 rings (SSSR count). The molecule has 0 saturated heterocycles. The number of aromatic nitrogens is 1. The van der Waals surface area contributed by atoms with Gasteiger partial charge in [-0.1, -0.05) is 18.2 Å². The van der Waals surface area contributed by atoms with Crippen molar-refractivity contribution in [2.45, 2.75) is 58.0 Å². The number of benzene rings is 2. The number of aromatic amines is 1. The Morgan fingerprint density at radius 1 is 1.16 bits per heavy atom. The molecule has 0 unspecified atom stereocenters. The van der Waals surface area contributed by atoms with Crippen molar-refractivity contribution < 1.29 is 23.4 Å². The highest BCUT2D eigenvalue weighted by atomic mass is 19.3. The highest BCUT2D eigenvalue weighted by molar-refractivity contribution is 5.88. The molecule has 0 bridgehead atoms. The topological polar surface area (TPSA) is 62.3 Å². The van der Waals surface area contributed by atoms with E-state index in [9.17, 15) is 18.7 Å². The molecule has 6 heteroatoms. The predicted octanol–water partition coefficient (Wildman–Crippen LogP) is 6.26. The van der Waals surface area contributed by atoms with Crippen LogP contribution >= 0.6 is 0 Å². The minimum absolute atomic E-state index is 0.115. The maximum absolute atomic E-state index is 12.7. The summed E-state index contributed by atoms with van der Waals surface area (Å²) >= 11 is 0. The van der Waals surface area contributed by atoms with E-state index in [0.29, 0.717) is 12.3 Å². The largest absolute Gasteiger partial charge is 0.478 e. The lowest BCUT2D eigenvalue weighted by atomic mass is 9.71. The molecular formula is C26H29F2NO3. The average Bonchev–Trinajstić information content (AvgIpc) is 3.26. The van der Waals surface area contributed by atoms with Gasteiger partial charge in [-0.2, -0.15) is 0 Å². The number of carboxylic acid groups (broad SMARTS) is 1. The van der Waals surface area contributed by atoms with E-state index in [1.165, 1.54) is 22.1 Å². The molecule has 1 saturated carbocycles. The van der Waals surface area contributed by atoms with Gasteiger partial charge in [0, 0.05) is 17.1 Å². The summed E-state index contributed by atoms with van der Waals surface area (Å²) in [5, 5.41) is 10.5. The molecule has 1 aromatic heterocycles. The SMILES string of the molecule is Cc1cc(C)c2[nH]ccc2c1C[C@@H]1CC[C@H](OCC(F)F)C[C@H]1c1ccc(C(=O)O)cc1. The molecule has 2 aromatic carbocycles. The lowest BCUT2D eigenvalue weighted by Crippen LogP contribution is -2.31. The predicted molar refractivity (Wildman–Crippen MR) is 121 cm³/mol. The van der Waals surface area contributed by atoms with Gasteiger partial charge in [-0.05, 0) is 91.8 Å². The number of hydrogen-bond donors (Lipinski definition) is 2. The van der Waals surface area contributed by atoms with Crippen LogP contribution < -0.4 is 0 Å². The number of rotatable bonds is 7. The summed E-state index contributed by atoms with van der Waals surface area (Å²) in [7, 11) is 0. The lowest BCUT2D eigenvalue weighted by Gasteiger charge is -2.37. The number of nitrogens with one attached hydrogen (secondary N) is 1. The molecular weight excluding hydrogens is 412 g/mol. The quantitative estimate of drug-likeness (QED) is 0.455. The van der Waals surface area contributed by atoms with Crippen molar-refractivity contribution in [2.75, 3.05) is 6.61 Å². The van der Waals surface area contributed by atoms with Gasteiger partial charge in [0.05, 0.1) is 11.7 Å². The van der Waals surface area contributed by atoms with Crippen molar-refractivity contribution in [3.8, 4) is 0 Å². The first-order chi connectivity index (χ1) is 15.3. The Bertz CT molecular complexity index is 1090. The zero-order valence-corrected chi connectivity index (χ0v) is 18.4. The van der Waals surface area contributed by atoms with E-state index in [1.807, 2.05) is 18.3 Å². The standard InChI is InChI=1S/C26H29F2NO3/c1-15-11-16(2)25-21(9-10-29-25)22(15)12-19-7-8-20(32-14-24(27)28)13-23(19)17-3-5-18(6-4-17)26(30)31/h3-6,9-11,19-20,23-24,29H,7-8,12-14H2,1-2H3,(H,30,31)/t19-,20-,23-/m0/s1. The van der Waals surface area contributed by atoms with E-state index in [-0.39, 0.29) is 17.6 Å². The fourth-order valence-electron chi connectivity index (χ4n) is 5.26. The Morgan fingerprint density at radius 2 is 1.91 bits per heavy atom. The number of halogens is 2. The zero-order chi connectivity index (χ0) is 22.8. The van der Waals surface area contributed by atoms with E-state index < -0.39 is 19.0 Å². The molecule has 1 aliphatic rings. The molecule has 0 aliphatic heterocycles. The second-order valence-electron chi connectivity index (χ2n) is 8.91. The number of fused-ring (bicyclic) bond motifs is 1. The molecule has 2 N–H and O–H groups in total. The Kier molecular flexibility index (Phi) is 6.60. The Morgan fingerprint density at radius 3 is 2.59 bits per heavy atom. The van der Waals surface area contributed by atoms with E-state index >= 15 is 0 Å². The second kappa shape index (κ2) is 9.41. The summed E-state index contributed by atoms with van der Waals surface area (Å²) in [6, 6.07) is 11.3. The van der Waals surface area contributed by atoms with E-state index in [4.69, 9.17) is 4.74 Å². The number of carboxylic acids is 1. The van der Waals surface area contributed by atoms with Crippen molar-refractivity contribution in [3.63, 3.8) is 0 Å². The fourth-order valence-corrected chi connectivity index (χ4v) is 5.26. The van der Waals surface area contributed by atoms with Gasteiger partial charge in [0.25, 0.3) is 6.43 Å². The molecule has 1 fully saturated rings. The average molecular weight is 442 g/mol. The molecule has 0 radical (unpaired) electrons. The number of ether oxygens (including phenoxy) is 1. The number of aromatic carboxylic acids is 1. The van der Waals surface area contributed by atoms with Crippen molar-refractivity contribution in [3.05, 3.63) is 70.4 Å². The lowest BCUT2D eigenvalue weighted by molar-refractivity contribution is -0.0456. The first-order valence-corrected chi connectivity index (χ1v) is 11.1. The third kappa shape index (κ3) is 4.70. The van der Waals surface area contributed by atoms with Crippen LogP contribution in [0.1, 0.15) is 57.8 Å². The summed E-state index contributed by atoms with van der Waals surface area (Å²) in [5.41, 5.74) is 6.23. The summed E-state index contributed by atoms with van der Waals surface area (Å²) in [6.07, 6.45) is 2.45. The van der Waals surface area contributed by atoms with Crippen LogP contribution in [-0.4, -0.2) is 35.2 Å². The molecule has 0 spiro atoms. The van der Waals surface area contributed by atoms with Gasteiger partial charge in [-0.3, -0.25) is 0 Å². The van der Waals surface area contributed by atoms with Gasteiger partial charge < -0.3 is 14.8 Å². The van der Waals surface area contributed by atoms with E-state index in [1.54, 1.807) is 12.1 Å². The maximum atomic E-state index is 12.7. The Hall–Kier alpha value is -2.73. The van der Waals surface area contributed by atoms with Gasteiger partial charge in [0.2, 0.25) is 0 Å². The normalized spacial score (nSPS) is 21.3. The highest BCUT2D eigenvalue weighted by Gasteiger charge is 2.33. The summed E-state index contributed by atoms with van der Waals surface area (Å²) in [5.74, 6) is -0.527. The van der Waals surface area contributed by atoms with Crippen molar-refractivity contribution >= 4 is 16.9 Å². The van der Waals surface area contributed by atoms with Crippen LogP contribution in [0.4, 0.5) is 8.78 Å². The number of hydrogen-bond acceptors (Lipinski definition) is 2. The van der Waals surface area contributed by atoms with Crippen molar-refractivity contribution in [2.24, 2.45) is 5.92 Å². The number of carbonyl (C=O) groups is 1. The van der Waals surface area contributed by atoms with Crippen LogP contribution in [0.25, 0.3) is 10.9 Å². The van der Waals surface area contributed by atoms with Crippen LogP contribution in [0.3, 0.4) is 0 Å². The highest BCUT2D eigenvalue weighted by Crippen LogP contribution is 2.42. The van der Waals surface area contributed by atoms with Crippen molar-refractivity contribution in [1.82, 2.24) is 4.98 Å². The van der Waals surface area contributed by atoms with Crippen LogP contribution in [0.15, 0.2) is 42.6 Å². The second-order valence-corrected chi connectivity index (χ2v) is 8.91. The molecule has 0 amide bonds. The van der Waals surface area contributed by atoms with Crippen LogP contribution in [0, 0.1) is 19.8 Å². The monoisotopic (exact) mass is 441 g/mol. The third-order valence-corrected chi connectivity index (χ3v) is 6.83. The van der Waals surface area contributed by atoms with E-state index in [0.717, 1.165) is 30.3 Å². The van der Waals surface area contributed by atoms with Crippen LogP contribution in [-0.2, 0) is 11.2 Å². The Balaban J connectivity index is 1.63. The molecule has 4 nitrogen and oxygen atoms in total. The first kappa shape index (κ1) is 22.5. The molecule has 3 aromatic rings.